The van der Waals surface area contributed by atoms with E-state index in [1.54, 1.807) is 7.05 Å². The van der Waals surface area contributed by atoms with Crippen molar-refractivity contribution in [3.8, 4) is 0 Å². The van der Waals surface area contributed by atoms with Gasteiger partial charge in [0.2, 0.25) is 5.89 Å². The van der Waals surface area contributed by atoms with Gasteiger partial charge in [-0.1, -0.05) is 12.1 Å². The van der Waals surface area contributed by atoms with Gasteiger partial charge in [-0.15, -0.1) is 0 Å². The number of carbonyl (C=O) groups is 1. The molecule has 3 heterocycles. The van der Waals surface area contributed by atoms with Gasteiger partial charge in [0.15, 0.2) is 11.8 Å². The van der Waals surface area contributed by atoms with Gasteiger partial charge >= 0.3 is 0 Å². The average Bonchev–Trinajstić information content (AvgIpc) is 3.37. The molecule has 2 saturated heterocycles. The summed E-state index contributed by atoms with van der Waals surface area (Å²) >= 11 is 0. The van der Waals surface area contributed by atoms with Crippen molar-refractivity contribution in [1.29, 1.82) is 0 Å². The highest BCUT2D eigenvalue weighted by Crippen LogP contribution is 2.16. The van der Waals surface area contributed by atoms with Crippen LogP contribution in [0.3, 0.4) is 0 Å². The monoisotopic (exact) mass is 364 g/mol. The van der Waals surface area contributed by atoms with Crippen molar-refractivity contribution in [2.24, 2.45) is 4.99 Å². The molecule has 1 aromatic heterocycles. The number of ether oxygens (including phenoxy) is 1. The Balaban J connectivity index is 1.42. The van der Waals surface area contributed by atoms with Crippen LogP contribution in [0.2, 0.25) is 0 Å². The van der Waals surface area contributed by atoms with Crippen LogP contribution in [0, 0.1) is 0 Å². The van der Waals surface area contributed by atoms with Crippen molar-refractivity contribution in [2.75, 3.05) is 46.4 Å². The first-order valence-electron chi connectivity index (χ1n) is 9.38. The fourth-order valence-corrected chi connectivity index (χ4v) is 3.27. The third kappa shape index (κ3) is 4.51. The smallest absolute Gasteiger partial charge is 0.251 e. The fraction of sp³-hybridized carbons (Fsp3) is 0.765. The first kappa shape index (κ1) is 18.6. The van der Waals surface area contributed by atoms with Gasteiger partial charge in [-0.25, -0.2) is 0 Å². The minimum absolute atomic E-state index is 0.133. The molecule has 1 unspecified atom stereocenters. The quantitative estimate of drug-likeness (QED) is 0.583. The summed E-state index contributed by atoms with van der Waals surface area (Å²) in [6.07, 6.45) is 3.02. The molecule has 9 heteroatoms. The lowest BCUT2D eigenvalue weighted by atomic mass is 10.2. The molecule has 0 radical (unpaired) electrons. The molecular weight excluding hydrogens is 336 g/mol. The largest absolute Gasteiger partial charge is 0.368 e. The molecule has 0 aromatic carbocycles. The number of rotatable bonds is 5. The van der Waals surface area contributed by atoms with E-state index in [9.17, 15) is 4.79 Å². The van der Waals surface area contributed by atoms with Crippen LogP contribution in [0.5, 0.6) is 0 Å². The number of carbonyl (C=O) groups excluding carboxylic acids is 1. The van der Waals surface area contributed by atoms with Crippen LogP contribution in [0.4, 0.5) is 0 Å². The molecule has 0 saturated carbocycles. The number of hydrogen-bond donors (Lipinski definition) is 1. The third-order valence-corrected chi connectivity index (χ3v) is 4.75. The Morgan fingerprint density at radius 1 is 1.31 bits per heavy atom. The van der Waals surface area contributed by atoms with E-state index in [0.717, 1.165) is 38.3 Å². The van der Waals surface area contributed by atoms with Gasteiger partial charge in [-0.05, 0) is 12.8 Å². The number of aryl methyl sites for hydroxylation is 1. The number of amides is 1. The van der Waals surface area contributed by atoms with Crippen molar-refractivity contribution in [2.45, 2.75) is 38.7 Å². The second kappa shape index (κ2) is 8.98. The van der Waals surface area contributed by atoms with Crippen LogP contribution in [-0.2, 0) is 22.4 Å². The van der Waals surface area contributed by atoms with E-state index in [0.29, 0.717) is 44.4 Å². The molecule has 0 bridgehead atoms. The summed E-state index contributed by atoms with van der Waals surface area (Å²) < 4.78 is 10.6. The molecule has 9 nitrogen and oxygen atoms in total. The van der Waals surface area contributed by atoms with Gasteiger partial charge in [0.05, 0.1) is 0 Å². The minimum Gasteiger partial charge on any atom is -0.368 e. The lowest BCUT2D eigenvalue weighted by Gasteiger charge is -2.37. The van der Waals surface area contributed by atoms with Gasteiger partial charge in [-0.2, -0.15) is 4.98 Å². The summed E-state index contributed by atoms with van der Waals surface area (Å²) in [7, 11) is 1.77. The maximum absolute atomic E-state index is 12.4. The van der Waals surface area contributed by atoms with Gasteiger partial charge < -0.3 is 24.4 Å². The summed E-state index contributed by atoms with van der Waals surface area (Å²) in [6, 6.07) is 0. The Hall–Kier alpha value is -2.16. The SMILES string of the molecule is CCc1nc(CCNC(=NC)N2CCN(C(=O)C3CCCO3)CC2)no1. The molecule has 0 spiro atoms. The molecule has 1 amide bonds. The first-order valence-corrected chi connectivity index (χ1v) is 9.38. The summed E-state index contributed by atoms with van der Waals surface area (Å²) in [6.45, 7) is 6.30. The molecule has 2 fully saturated rings. The van der Waals surface area contributed by atoms with Gasteiger partial charge in [-0.3, -0.25) is 9.79 Å². The molecule has 0 aliphatic carbocycles. The Labute approximate surface area is 153 Å². The van der Waals surface area contributed by atoms with E-state index < -0.39 is 0 Å². The van der Waals surface area contributed by atoms with Gasteiger partial charge in [0, 0.05) is 59.2 Å². The van der Waals surface area contributed by atoms with Crippen molar-refractivity contribution >= 4 is 11.9 Å². The molecule has 1 N–H and O–H groups in total. The van der Waals surface area contributed by atoms with E-state index in [4.69, 9.17) is 9.26 Å². The highest BCUT2D eigenvalue weighted by atomic mass is 16.5. The van der Waals surface area contributed by atoms with Crippen LogP contribution >= 0.6 is 0 Å². The van der Waals surface area contributed by atoms with Crippen LogP contribution in [0.15, 0.2) is 9.52 Å². The van der Waals surface area contributed by atoms with E-state index in [-0.39, 0.29) is 12.0 Å². The summed E-state index contributed by atoms with van der Waals surface area (Å²) in [4.78, 5) is 25.2. The number of nitrogens with one attached hydrogen (secondary N) is 1. The number of piperazine rings is 1. The predicted molar refractivity (Wildman–Crippen MR) is 95.9 cm³/mol. The minimum atomic E-state index is -0.234. The van der Waals surface area contributed by atoms with Crippen molar-refractivity contribution in [1.82, 2.24) is 25.3 Å². The van der Waals surface area contributed by atoms with Gasteiger partial charge in [0.25, 0.3) is 5.91 Å². The zero-order valence-electron chi connectivity index (χ0n) is 15.6. The van der Waals surface area contributed by atoms with Crippen LogP contribution in [-0.4, -0.2) is 84.3 Å². The molecule has 1 atom stereocenters. The molecular formula is C17H28N6O3. The highest BCUT2D eigenvalue weighted by molar-refractivity contribution is 5.82. The average molecular weight is 364 g/mol. The highest BCUT2D eigenvalue weighted by Gasteiger charge is 2.30. The van der Waals surface area contributed by atoms with Crippen molar-refractivity contribution in [3.63, 3.8) is 0 Å². The lowest BCUT2D eigenvalue weighted by molar-refractivity contribution is -0.142. The number of hydrogen-bond acceptors (Lipinski definition) is 6. The molecule has 144 valence electrons. The summed E-state index contributed by atoms with van der Waals surface area (Å²) in [5.41, 5.74) is 0. The lowest BCUT2D eigenvalue weighted by Crippen LogP contribution is -2.55. The van der Waals surface area contributed by atoms with E-state index in [1.807, 2.05) is 11.8 Å². The second-order valence-corrected chi connectivity index (χ2v) is 6.50. The first-order chi connectivity index (χ1) is 12.7. The van der Waals surface area contributed by atoms with Crippen LogP contribution in [0.25, 0.3) is 0 Å². The van der Waals surface area contributed by atoms with E-state index in [1.165, 1.54) is 0 Å². The zero-order chi connectivity index (χ0) is 18.4. The number of aliphatic imine (C=N–C) groups is 1. The molecule has 2 aliphatic rings. The van der Waals surface area contributed by atoms with Crippen molar-refractivity contribution < 1.29 is 14.1 Å². The number of nitrogens with zero attached hydrogens (tertiary/aromatic N) is 5. The maximum atomic E-state index is 12.4. The number of aromatic nitrogens is 2. The molecule has 3 rings (SSSR count). The summed E-state index contributed by atoms with van der Waals surface area (Å²) in [5.74, 6) is 2.34. The van der Waals surface area contributed by atoms with Gasteiger partial charge in [0.1, 0.15) is 6.10 Å². The number of guanidine groups is 1. The van der Waals surface area contributed by atoms with E-state index in [2.05, 4.69) is 25.3 Å². The Kier molecular flexibility index (Phi) is 6.43. The Morgan fingerprint density at radius 3 is 2.69 bits per heavy atom. The topological polar surface area (TPSA) is 96.1 Å². The molecule has 1 aromatic rings. The standard InChI is InChI=1S/C17H28N6O3/c1-3-15-20-14(21-26-15)6-7-19-17(18-2)23-10-8-22(9-11-23)16(24)13-5-4-12-25-13/h13H,3-12H2,1-2H3,(H,18,19). The van der Waals surface area contributed by atoms with Crippen molar-refractivity contribution in [3.05, 3.63) is 11.7 Å². The normalized spacial score (nSPS) is 21.3. The fourth-order valence-electron chi connectivity index (χ4n) is 3.27. The zero-order valence-corrected chi connectivity index (χ0v) is 15.6. The third-order valence-electron chi connectivity index (χ3n) is 4.75. The molecule has 2 aliphatic heterocycles. The van der Waals surface area contributed by atoms with Crippen LogP contribution < -0.4 is 5.32 Å². The van der Waals surface area contributed by atoms with Crippen LogP contribution in [0.1, 0.15) is 31.5 Å². The maximum Gasteiger partial charge on any atom is 0.251 e. The predicted octanol–water partition coefficient (Wildman–Crippen LogP) is 0.0731. The summed E-state index contributed by atoms with van der Waals surface area (Å²) in [5, 5.41) is 7.29. The second-order valence-electron chi connectivity index (χ2n) is 6.50. The Bertz CT molecular complexity index is 618. The Morgan fingerprint density at radius 2 is 2.08 bits per heavy atom. The van der Waals surface area contributed by atoms with E-state index >= 15 is 0 Å². The molecule has 26 heavy (non-hydrogen) atoms.